The first-order chi connectivity index (χ1) is 8.25. The fourth-order valence-electron chi connectivity index (χ4n) is 2.75. The maximum absolute atomic E-state index is 4.62. The summed E-state index contributed by atoms with van der Waals surface area (Å²) >= 11 is 0. The molecule has 3 nitrogen and oxygen atoms in total. The third-order valence-electron chi connectivity index (χ3n) is 3.94. The molecule has 1 aromatic carbocycles. The number of benzene rings is 1. The molecule has 0 aliphatic carbocycles. The molecule has 1 N–H and O–H groups in total. The normalized spacial score (nSPS) is 17.8. The van der Waals surface area contributed by atoms with E-state index in [-0.39, 0.29) is 0 Å². The van der Waals surface area contributed by atoms with E-state index in [1.54, 1.807) is 0 Å². The van der Waals surface area contributed by atoms with Crippen LogP contribution in [0.15, 0.2) is 18.2 Å². The molecule has 3 rings (SSSR count). The lowest BCUT2D eigenvalue weighted by molar-refractivity contribution is 0.460. The third-order valence-corrected chi connectivity index (χ3v) is 3.94. The Morgan fingerprint density at radius 2 is 2.06 bits per heavy atom. The zero-order valence-corrected chi connectivity index (χ0v) is 10.5. The van der Waals surface area contributed by atoms with Crippen molar-refractivity contribution in [3.63, 3.8) is 0 Å². The number of hydrogen-bond donors (Lipinski definition) is 1. The van der Waals surface area contributed by atoms with Crippen LogP contribution in [-0.2, 0) is 7.05 Å². The van der Waals surface area contributed by atoms with Crippen molar-refractivity contribution in [2.24, 2.45) is 7.05 Å². The smallest absolute Gasteiger partial charge is 0.106 e. The number of nitrogens with zero attached hydrogens (tertiary/aromatic N) is 2. The molecular weight excluding hydrogens is 210 g/mol. The van der Waals surface area contributed by atoms with Crippen molar-refractivity contribution in [2.45, 2.75) is 25.7 Å². The van der Waals surface area contributed by atoms with Crippen LogP contribution in [0.5, 0.6) is 0 Å². The van der Waals surface area contributed by atoms with E-state index in [1.165, 1.54) is 23.9 Å². The predicted octanol–water partition coefficient (Wildman–Crippen LogP) is 2.35. The van der Waals surface area contributed by atoms with E-state index in [0.717, 1.165) is 24.4 Å². The Hall–Kier alpha value is -1.35. The van der Waals surface area contributed by atoms with Crippen LogP contribution in [0.2, 0.25) is 0 Å². The summed E-state index contributed by atoms with van der Waals surface area (Å²) in [5, 5.41) is 3.42. The Kier molecular flexibility index (Phi) is 2.63. The lowest BCUT2D eigenvalue weighted by atomic mass is 9.90. The molecular formula is C14H19N3. The lowest BCUT2D eigenvalue weighted by Crippen LogP contribution is -2.26. The predicted molar refractivity (Wildman–Crippen MR) is 70.3 cm³/mol. The third kappa shape index (κ3) is 1.84. The number of aromatic nitrogens is 2. The molecule has 1 fully saturated rings. The molecule has 2 aromatic rings. The Labute approximate surface area is 102 Å². The topological polar surface area (TPSA) is 29.9 Å². The van der Waals surface area contributed by atoms with Crippen LogP contribution in [0, 0.1) is 6.92 Å². The second kappa shape index (κ2) is 4.15. The van der Waals surface area contributed by atoms with Gasteiger partial charge in [0.15, 0.2) is 0 Å². The van der Waals surface area contributed by atoms with Crippen molar-refractivity contribution >= 4 is 11.0 Å². The average Bonchev–Trinajstić information content (AvgIpc) is 2.66. The van der Waals surface area contributed by atoms with E-state index >= 15 is 0 Å². The maximum atomic E-state index is 4.62. The minimum Gasteiger partial charge on any atom is -0.331 e. The number of imidazole rings is 1. The van der Waals surface area contributed by atoms with Crippen LogP contribution in [0.1, 0.15) is 30.1 Å². The molecule has 0 amide bonds. The van der Waals surface area contributed by atoms with Crippen molar-refractivity contribution in [2.75, 3.05) is 13.1 Å². The average molecular weight is 229 g/mol. The van der Waals surface area contributed by atoms with Crippen molar-refractivity contribution < 1.29 is 0 Å². The van der Waals surface area contributed by atoms with Gasteiger partial charge in [0.05, 0.1) is 11.0 Å². The van der Waals surface area contributed by atoms with E-state index in [2.05, 4.69) is 47.0 Å². The fourth-order valence-corrected chi connectivity index (χ4v) is 2.75. The maximum Gasteiger partial charge on any atom is 0.106 e. The Bertz CT molecular complexity index is 536. The van der Waals surface area contributed by atoms with Gasteiger partial charge in [-0.25, -0.2) is 4.98 Å². The summed E-state index contributed by atoms with van der Waals surface area (Å²) in [7, 11) is 2.08. The summed E-state index contributed by atoms with van der Waals surface area (Å²) < 4.78 is 2.15. The minimum atomic E-state index is 0.711. The molecule has 0 unspecified atom stereocenters. The van der Waals surface area contributed by atoms with Gasteiger partial charge in [-0.2, -0.15) is 0 Å². The molecule has 1 aliphatic heterocycles. The lowest BCUT2D eigenvalue weighted by Gasteiger charge is -2.22. The van der Waals surface area contributed by atoms with E-state index in [9.17, 15) is 0 Å². The summed E-state index contributed by atoms with van der Waals surface area (Å²) in [5.41, 5.74) is 3.83. The van der Waals surface area contributed by atoms with Gasteiger partial charge in [0, 0.05) is 7.05 Å². The van der Waals surface area contributed by atoms with Crippen LogP contribution in [-0.4, -0.2) is 22.6 Å². The van der Waals surface area contributed by atoms with E-state index < -0.39 is 0 Å². The zero-order valence-electron chi connectivity index (χ0n) is 10.5. The summed E-state index contributed by atoms with van der Waals surface area (Å²) in [5.74, 6) is 1.80. The van der Waals surface area contributed by atoms with Gasteiger partial charge in [-0.1, -0.05) is 6.07 Å². The highest BCUT2D eigenvalue weighted by molar-refractivity contribution is 5.77. The molecule has 1 aliphatic rings. The first kappa shape index (κ1) is 10.8. The second-order valence-corrected chi connectivity index (χ2v) is 4.99. The van der Waals surface area contributed by atoms with Gasteiger partial charge in [0.2, 0.25) is 0 Å². The molecule has 1 saturated heterocycles. The second-order valence-electron chi connectivity index (χ2n) is 4.99. The number of fused-ring (bicyclic) bond motifs is 1. The molecule has 1 aromatic heterocycles. The summed E-state index contributed by atoms with van der Waals surface area (Å²) in [6.07, 6.45) is 2.49. The van der Waals surface area contributed by atoms with Gasteiger partial charge in [0.1, 0.15) is 5.82 Å². The zero-order chi connectivity index (χ0) is 11.8. The van der Waals surface area contributed by atoms with Crippen molar-refractivity contribution in [1.29, 1.82) is 0 Å². The van der Waals surface area contributed by atoms with Gasteiger partial charge in [-0.05, 0) is 56.5 Å². The van der Waals surface area contributed by atoms with Crippen LogP contribution in [0.25, 0.3) is 11.0 Å². The van der Waals surface area contributed by atoms with Gasteiger partial charge in [-0.15, -0.1) is 0 Å². The van der Waals surface area contributed by atoms with Gasteiger partial charge < -0.3 is 9.88 Å². The molecule has 0 saturated carbocycles. The molecule has 2 heterocycles. The number of piperidine rings is 1. The van der Waals surface area contributed by atoms with Crippen LogP contribution in [0.3, 0.4) is 0 Å². The van der Waals surface area contributed by atoms with Gasteiger partial charge >= 0.3 is 0 Å². The minimum absolute atomic E-state index is 0.711. The number of aryl methyl sites for hydroxylation is 2. The Morgan fingerprint density at radius 1 is 1.29 bits per heavy atom. The SMILES string of the molecule is Cc1nc2cc(C3CCNCC3)ccc2n1C. The summed E-state index contributed by atoms with van der Waals surface area (Å²) in [6, 6.07) is 6.77. The molecule has 17 heavy (non-hydrogen) atoms. The number of hydrogen-bond acceptors (Lipinski definition) is 2. The molecule has 3 heteroatoms. The number of nitrogens with one attached hydrogen (secondary N) is 1. The van der Waals surface area contributed by atoms with E-state index in [0.29, 0.717) is 5.92 Å². The van der Waals surface area contributed by atoms with Crippen LogP contribution < -0.4 is 5.32 Å². The van der Waals surface area contributed by atoms with Crippen LogP contribution >= 0.6 is 0 Å². The fraction of sp³-hybridized carbons (Fsp3) is 0.500. The van der Waals surface area contributed by atoms with Crippen LogP contribution in [0.4, 0.5) is 0 Å². The monoisotopic (exact) mass is 229 g/mol. The molecule has 0 radical (unpaired) electrons. The summed E-state index contributed by atoms with van der Waals surface area (Å²) in [6.45, 7) is 4.35. The largest absolute Gasteiger partial charge is 0.331 e. The van der Waals surface area contributed by atoms with Gasteiger partial charge in [0.25, 0.3) is 0 Å². The number of rotatable bonds is 1. The van der Waals surface area contributed by atoms with Crippen molar-refractivity contribution in [1.82, 2.24) is 14.9 Å². The van der Waals surface area contributed by atoms with Crippen molar-refractivity contribution in [3.05, 3.63) is 29.6 Å². The molecule has 0 atom stereocenters. The molecule has 90 valence electrons. The first-order valence-corrected chi connectivity index (χ1v) is 6.39. The highest BCUT2D eigenvalue weighted by Crippen LogP contribution is 2.27. The van der Waals surface area contributed by atoms with Gasteiger partial charge in [-0.3, -0.25) is 0 Å². The highest BCUT2D eigenvalue weighted by atomic mass is 15.0. The summed E-state index contributed by atoms with van der Waals surface area (Å²) in [4.78, 5) is 4.62. The first-order valence-electron chi connectivity index (χ1n) is 6.39. The molecule has 0 spiro atoms. The Balaban J connectivity index is 2.01. The highest BCUT2D eigenvalue weighted by Gasteiger charge is 2.16. The Morgan fingerprint density at radius 3 is 2.82 bits per heavy atom. The molecule has 0 bridgehead atoms. The van der Waals surface area contributed by atoms with Crippen molar-refractivity contribution in [3.8, 4) is 0 Å². The van der Waals surface area contributed by atoms with E-state index in [1.807, 2.05) is 0 Å². The quantitative estimate of drug-likeness (QED) is 0.813. The van der Waals surface area contributed by atoms with E-state index in [4.69, 9.17) is 0 Å². The standard InChI is InChI=1S/C14H19N3/c1-10-16-13-9-12(3-4-14(13)17(10)2)11-5-7-15-8-6-11/h3-4,9,11,15H,5-8H2,1-2H3.